The van der Waals surface area contributed by atoms with Gasteiger partial charge in [0.25, 0.3) is 0 Å². The van der Waals surface area contributed by atoms with E-state index < -0.39 is 7.26 Å². The molecule has 32 heavy (non-hydrogen) atoms. The molecule has 0 N–H and O–H groups in total. The molecule has 4 heteroatoms. The third-order valence-corrected chi connectivity index (χ3v) is 10.6. The van der Waals surface area contributed by atoms with E-state index >= 15 is 0 Å². The van der Waals surface area contributed by atoms with Crippen LogP contribution in [0.4, 0.5) is 0 Å². The van der Waals surface area contributed by atoms with Gasteiger partial charge in [-0.2, -0.15) is 5.10 Å². The second kappa shape index (κ2) is 8.74. The number of nitrogens with zero attached hydrogens (tertiary/aromatic N) is 2. The molecule has 0 amide bonds. The third kappa shape index (κ3) is 3.37. The Morgan fingerprint density at radius 1 is 0.594 bits per heavy atom. The van der Waals surface area contributed by atoms with Gasteiger partial charge < -0.3 is 0 Å². The van der Waals surface area contributed by atoms with Gasteiger partial charge >= 0.3 is 0 Å². The molecule has 5 aromatic rings. The van der Waals surface area contributed by atoms with Crippen LogP contribution in [0.5, 0.6) is 0 Å². The first-order chi connectivity index (χ1) is 15.7. The van der Waals surface area contributed by atoms with Gasteiger partial charge in [0.15, 0.2) is 10.5 Å². The van der Waals surface area contributed by atoms with Gasteiger partial charge in [-0.1, -0.05) is 84.4 Å². The van der Waals surface area contributed by atoms with Crippen molar-refractivity contribution in [1.82, 2.24) is 9.78 Å². The van der Waals surface area contributed by atoms with Crippen LogP contribution in [0.1, 0.15) is 5.69 Å². The molecule has 0 unspecified atom stereocenters. The molecule has 1 heterocycles. The Labute approximate surface area is 194 Å². The van der Waals surface area contributed by atoms with Gasteiger partial charge in [-0.15, -0.1) is 0 Å². The molecule has 4 aromatic carbocycles. The summed E-state index contributed by atoms with van der Waals surface area (Å²) in [6.07, 6.45) is 0. The maximum Gasteiger partial charge on any atom is 0.176 e. The average molecular weight is 454 g/mol. The quantitative estimate of drug-likeness (QED) is 0.323. The number of rotatable bonds is 5. The van der Waals surface area contributed by atoms with E-state index in [4.69, 9.17) is 16.7 Å². The van der Waals surface area contributed by atoms with Crippen LogP contribution < -0.4 is 21.2 Å². The molecule has 0 spiro atoms. The van der Waals surface area contributed by atoms with Crippen molar-refractivity contribution in [3.05, 3.63) is 132 Å². The summed E-state index contributed by atoms with van der Waals surface area (Å²) in [5, 5.41) is 10.5. The summed E-state index contributed by atoms with van der Waals surface area (Å²) in [5.74, 6) is 0. The summed E-state index contributed by atoms with van der Waals surface area (Å²) in [6.45, 7) is 2.07. The monoisotopic (exact) mass is 453 g/mol. The van der Waals surface area contributed by atoms with E-state index in [-0.39, 0.29) is 0 Å². The maximum absolute atomic E-state index is 7.23. The van der Waals surface area contributed by atoms with Crippen molar-refractivity contribution < 1.29 is 0 Å². The van der Waals surface area contributed by atoms with Crippen molar-refractivity contribution >= 4 is 40.1 Å². The Balaban J connectivity index is 1.92. The number of aromatic nitrogens is 2. The number of hydrogen-bond donors (Lipinski definition) is 0. The van der Waals surface area contributed by atoms with Crippen LogP contribution >= 0.6 is 18.9 Å². The van der Waals surface area contributed by atoms with Gasteiger partial charge in [0.2, 0.25) is 0 Å². The molecule has 0 radical (unpaired) electrons. The number of aryl methyl sites for hydroxylation is 1. The van der Waals surface area contributed by atoms with Gasteiger partial charge in [-0.25, -0.2) is 4.68 Å². The van der Waals surface area contributed by atoms with Gasteiger partial charge in [-0.3, -0.25) is 0 Å². The summed E-state index contributed by atoms with van der Waals surface area (Å²) < 4.78 is 1.87. The lowest BCUT2D eigenvalue weighted by atomic mass is 10.3. The lowest BCUT2D eigenvalue weighted by Gasteiger charge is -2.27. The summed E-state index contributed by atoms with van der Waals surface area (Å²) in [7, 11) is -2.30. The van der Waals surface area contributed by atoms with E-state index in [1.165, 1.54) is 15.9 Å². The molecule has 0 saturated heterocycles. The number of benzene rings is 4. The first-order valence-corrected chi connectivity index (χ1v) is 12.8. The van der Waals surface area contributed by atoms with E-state index in [1.807, 2.05) is 35.0 Å². The highest BCUT2D eigenvalue weighted by atomic mass is 35.5. The van der Waals surface area contributed by atoms with Crippen LogP contribution in [-0.4, -0.2) is 9.78 Å². The van der Waals surface area contributed by atoms with E-state index in [0.29, 0.717) is 5.15 Å². The summed E-state index contributed by atoms with van der Waals surface area (Å²) in [5.41, 5.74) is 1.91. The largest absolute Gasteiger partial charge is 0.218 e. The van der Waals surface area contributed by atoms with Crippen LogP contribution in [0.25, 0.3) is 5.69 Å². The van der Waals surface area contributed by atoms with Crippen molar-refractivity contribution in [3.8, 4) is 5.69 Å². The van der Waals surface area contributed by atoms with Crippen LogP contribution in [0.3, 0.4) is 0 Å². The van der Waals surface area contributed by atoms with Crippen LogP contribution in [-0.2, 0) is 0 Å². The molecule has 156 valence electrons. The minimum atomic E-state index is -2.30. The molecular weight excluding hydrogens is 431 g/mol. The average Bonchev–Trinajstić information content (AvgIpc) is 3.17. The van der Waals surface area contributed by atoms with E-state index in [1.54, 1.807) is 0 Å². The second-order valence-corrected chi connectivity index (χ2v) is 11.3. The first kappa shape index (κ1) is 20.7. The van der Waals surface area contributed by atoms with Gasteiger partial charge in [-0.05, 0) is 55.5 Å². The van der Waals surface area contributed by atoms with Gasteiger partial charge in [0.1, 0.15) is 28.9 Å². The van der Waals surface area contributed by atoms with E-state index in [9.17, 15) is 0 Å². The molecule has 0 aliphatic heterocycles. The minimum Gasteiger partial charge on any atom is -0.218 e. The molecule has 0 fully saturated rings. The lowest BCUT2D eigenvalue weighted by molar-refractivity contribution is 0.863. The fraction of sp³-hybridized carbons (Fsp3) is 0.0357. The Hall–Kier alpha value is -3.19. The van der Waals surface area contributed by atoms with E-state index in [2.05, 4.69) is 97.9 Å². The standard InChI is InChI=1S/C28H23ClN2P/c1-22-27(28(29)31(30-22)23-14-6-2-7-15-23)32(24-16-8-3-9-17-24,25-18-10-4-11-19-25)26-20-12-5-13-21-26/h2-21H,1H3/q+1. The summed E-state index contributed by atoms with van der Waals surface area (Å²) >= 11 is 7.23. The smallest absolute Gasteiger partial charge is 0.176 e. The SMILES string of the molecule is Cc1nn(-c2ccccc2)c(Cl)c1[P+](c1ccccc1)(c1ccccc1)c1ccccc1. The normalized spacial score (nSPS) is 11.4. The second-order valence-electron chi connectivity index (χ2n) is 7.65. The highest BCUT2D eigenvalue weighted by Crippen LogP contribution is 2.56. The molecule has 2 nitrogen and oxygen atoms in total. The number of para-hydroxylation sites is 1. The molecule has 5 rings (SSSR count). The predicted octanol–water partition coefficient (Wildman–Crippen LogP) is 5.45. The zero-order valence-electron chi connectivity index (χ0n) is 17.8. The van der Waals surface area contributed by atoms with Crippen LogP contribution in [0.15, 0.2) is 121 Å². The van der Waals surface area contributed by atoms with E-state index in [0.717, 1.165) is 16.7 Å². The van der Waals surface area contributed by atoms with Crippen molar-refractivity contribution in [3.63, 3.8) is 0 Å². The highest BCUT2D eigenvalue weighted by Gasteiger charge is 2.52. The highest BCUT2D eigenvalue weighted by molar-refractivity contribution is 8.01. The zero-order chi connectivity index (χ0) is 22.0. The van der Waals surface area contributed by atoms with Crippen molar-refractivity contribution in [2.45, 2.75) is 6.92 Å². The van der Waals surface area contributed by atoms with Crippen molar-refractivity contribution in [2.75, 3.05) is 0 Å². The fourth-order valence-corrected chi connectivity index (χ4v) is 9.48. The first-order valence-electron chi connectivity index (χ1n) is 10.6. The Bertz CT molecular complexity index is 1220. The molecular formula is C28H23ClN2P+. The summed E-state index contributed by atoms with van der Waals surface area (Å²) in [6, 6.07) is 42.3. The number of halogens is 1. The van der Waals surface area contributed by atoms with Crippen molar-refractivity contribution in [2.24, 2.45) is 0 Å². The van der Waals surface area contributed by atoms with Gasteiger partial charge in [0.05, 0.1) is 5.69 Å². The zero-order valence-corrected chi connectivity index (χ0v) is 19.4. The summed E-state index contributed by atoms with van der Waals surface area (Å²) in [4.78, 5) is 0. The molecule has 0 saturated carbocycles. The van der Waals surface area contributed by atoms with Gasteiger partial charge in [0, 0.05) is 0 Å². The molecule has 0 aliphatic carbocycles. The molecule has 1 aromatic heterocycles. The minimum absolute atomic E-state index is 0.665. The molecule has 0 aliphatic rings. The topological polar surface area (TPSA) is 17.8 Å². The fourth-order valence-electron chi connectivity index (χ4n) is 4.40. The molecule has 0 atom stereocenters. The molecule has 0 bridgehead atoms. The van der Waals surface area contributed by atoms with Crippen LogP contribution in [0.2, 0.25) is 5.15 Å². The Morgan fingerprint density at radius 2 is 0.969 bits per heavy atom. The predicted molar refractivity (Wildman–Crippen MR) is 138 cm³/mol. The maximum atomic E-state index is 7.23. The van der Waals surface area contributed by atoms with Crippen molar-refractivity contribution in [1.29, 1.82) is 0 Å². The lowest BCUT2D eigenvalue weighted by Crippen LogP contribution is -2.39. The van der Waals surface area contributed by atoms with Crippen LogP contribution in [0, 0.1) is 6.92 Å². The Morgan fingerprint density at radius 3 is 1.38 bits per heavy atom. The number of hydrogen-bond acceptors (Lipinski definition) is 1. The third-order valence-electron chi connectivity index (χ3n) is 5.74. The Kier molecular flexibility index (Phi) is 5.66.